The second kappa shape index (κ2) is 5.83. The Bertz CT molecular complexity index is 553. The summed E-state index contributed by atoms with van der Waals surface area (Å²) in [6.45, 7) is 2.68. The minimum Gasteiger partial charge on any atom is -0.367 e. The quantitative estimate of drug-likeness (QED) is 0.841. The van der Waals surface area contributed by atoms with E-state index in [-0.39, 0.29) is 0 Å². The number of anilines is 2. The van der Waals surface area contributed by atoms with Crippen LogP contribution in [0.15, 0.2) is 36.7 Å². The molecule has 0 radical (unpaired) electrons. The first kappa shape index (κ1) is 12.8. The third-order valence-corrected chi connectivity index (χ3v) is 3.47. The monoisotopic (exact) mass is 270 g/mol. The molecule has 1 aliphatic heterocycles. The lowest BCUT2D eigenvalue weighted by molar-refractivity contribution is 0.450. The van der Waals surface area contributed by atoms with Crippen LogP contribution in [0.25, 0.3) is 0 Å². The molecule has 2 aromatic heterocycles. The fraction of sp³-hybridized carbons (Fsp3) is 0.357. The van der Waals surface area contributed by atoms with Gasteiger partial charge in [0, 0.05) is 31.4 Å². The lowest BCUT2D eigenvalue weighted by Gasteiger charge is -2.40. The first-order valence-corrected chi connectivity index (χ1v) is 6.74. The van der Waals surface area contributed by atoms with Crippen LogP contribution in [0.1, 0.15) is 5.69 Å². The molecule has 0 atom stereocenters. The van der Waals surface area contributed by atoms with Gasteiger partial charge < -0.3 is 15.5 Å². The molecular weight excluding hydrogens is 252 g/mol. The highest BCUT2D eigenvalue weighted by Crippen LogP contribution is 2.21. The molecule has 6 heteroatoms. The summed E-state index contributed by atoms with van der Waals surface area (Å²) >= 11 is 0. The molecule has 2 N–H and O–H groups in total. The van der Waals surface area contributed by atoms with Crippen molar-refractivity contribution in [1.29, 1.82) is 0 Å². The number of likely N-dealkylation sites (N-methyl/N-ethyl adjacent to an activating group) is 1. The Morgan fingerprint density at radius 1 is 1.35 bits per heavy atom. The summed E-state index contributed by atoms with van der Waals surface area (Å²) < 4.78 is 0. The first-order valence-electron chi connectivity index (χ1n) is 6.74. The van der Waals surface area contributed by atoms with E-state index < -0.39 is 0 Å². The van der Waals surface area contributed by atoms with Crippen LogP contribution in [0.4, 0.5) is 11.5 Å². The fourth-order valence-electron chi connectivity index (χ4n) is 2.17. The van der Waals surface area contributed by atoms with Crippen molar-refractivity contribution in [2.75, 3.05) is 30.4 Å². The van der Waals surface area contributed by atoms with Gasteiger partial charge >= 0.3 is 0 Å². The molecule has 0 saturated carbocycles. The summed E-state index contributed by atoms with van der Waals surface area (Å²) in [5.41, 5.74) is 2.09. The van der Waals surface area contributed by atoms with E-state index in [0.717, 1.165) is 30.3 Å². The van der Waals surface area contributed by atoms with Gasteiger partial charge in [-0.15, -0.1) is 5.10 Å². The second-order valence-corrected chi connectivity index (χ2v) is 4.86. The van der Waals surface area contributed by atoms with E-state index in [1.54, 1.807) is 12.4 Å². The van der Waals surface area contributed by atoms with Gasteiger partial charge in [0.1, 0.15) is 0 Å². The largest absolute Gasteiger partial charge is 0.367 e. The molecular formula is C14H18N6. The highest BCUT2D eigenvalue weighted by Gasteiger charge is 2.25. The van der Waals surface area contributed by atoms with Gasteiger partial charge in [-0.2, -0.15) is 5.10 Å². The molecule has 1 fully saturated rings. The molecule has 6 nitrogen and oxygen atoms in total. The summed E-state index contributed by atoms with van der Waals surface area (Å²) in [5, 5.41) is 14.7. The number of hydrogen-bond donors (Lipinski definition) is 2. The summed E-state index contributed by atoms with van der Waals surface area (Å²) in [6, 6.07) is 8.47. The molecule has 3 heterocycles. The molecule has 104 valence electrons. The van der Waals surface area contributed by atoms with Crippen molar-refractivity contribution in [2.24, 2.45) is 0 Å². The number of rotatable bonds is 5. The van der Waals surface area contributed by atoms with E-state index in [1.165, 1.54) is 0 Å². The number of hydrogen-bond acceptors (Lipinski definition) is 6. The van der Waals surface area contributed by atoms with Gasteiger partial charge in [0.15, 0.2) is 5.82 Å². The van der Waals surface area contributed by atoms with Crippen LogP contribution in [-0.2, 0) is 6.54 Å². The van der Waals surface area contributed by atoms with E-state index in [4.69, 9.17) is 0 Å². The Morgan fingerprint density at radius 2 is 2.25 bits per heavy atom. The van der Waals surface area contributed by atoms with Crippen LogP contribution in [-0.4, -0.2) is 41.4 Å². The maximum absolute atomic E-state index is 4.27. The second-order valence-electron chi connectivity index (χ2n) is 4.86. The topological polar surface area (TPSA) is 66.0 Å². The molecule has 2 aromatic rings. The molecule has 1 saturated heterocycles. The average Bonchev–Trinajstić information content (AvgIpc) is 2.46. The molecule has 0 aromatic carbocycles. The zero-order valence-corrected chi connectivity index (χ0v) is 11.5. The average molecular weight is 270 g/mol. The van der Waals surface area contributed by atoms with Crippen LogP contribution < -0.4 is 15.5 Å². The predicted octanol–water partition coefficient (Wildman–Crippen LogP) is 0.892. The molecule has 1 aliphatic rings. The fourth-order valence-corrected chi connectivity index (χ4v) is 2.17. The lowest BCUT2D eigenvalue weighted by atomic mass is 10.1. The van der Waals surface area contributed by atoms with Crippen molar-refractivity contribution in [3.63, 3.8) is 0 Å². The smallest absolute Gasteiger partial charge is 0.151 e. The van der Waals surface area contributed by atoms with Gasteiger partial charge in [0.2, 0.25) is 0 Å². The van der Waals surface area contributed by atoms with Gasteiger partial charge in [-0.25, -0.2) is 0 Å². The van der Waals surface area contributed by atoms with Crippen LogP contribution in [0.3, 0.4) is 0 Å². The SMILES string of the molecule is CNC1CN(c2cnnc(NCc3ccccn3)c2)C1. The summed E-state index contributed by atoms with van der Waals surface area (Å²) in [6.07, 6.45) is 3.59. The van der Waals surface area contributed by atoms with Gasteiger partial charge in [0.25, 0.3) is 0 Å². The Hall–Kier alpha value is -2.21. The van der Waals surface area contributed by atoms with Crippen LogP contribution in [0, 0.1) is 0 Å². The van der Waals surface area contributed by atoms with Gasteiger partial charge in [-0.05, 0) is 19.2 Å². The number of pyridine rings is 1. The Morgan fingerprint density at radius 3 is 3.00 bits per heavy atom. The van der Waals surface area contributed by atoms with E-state index in [9.17, 15) is 0 Å². The Balaban J connectivity index is 1.60. The zero-order chi connectivity index (χ0) is 13.8. The number of aromatic nitrogens is 3. The van der Waals surface area contributed by atoms with E-state index in [0.29, 0.717) is 12.6 Å². The summed E-state index contributed by atoms with van der Waals surface area (Å²) in [5.74, 6) is 0.779. The summed E-state index contributed by atoms with van der Waals surface area (Å²) in [4.78, 5) is 6.55. The molecule has 0 unspecified atom stereocenters. The number of nitrogens with zero attached hydrogens (tertiary/aromatic N) is 4. The first-order chi connectivity index (χ1) is 9.85. The molecule has 0 bridgehead atoms. The minimum atomic E-state index is 0.577. The van der Waals surface area contributed by atoms with Crippen molar-refractivity contribution in [1.82, 2.24) is 20.5 Å². The molecule has 3 rings (SSSR count). The van der Waals surface area contributed by atoms with E-state index in [1.807, 2.05) is 31.3 Å². The highest BCUT2D eigenvalue weighted by atomic mass is 15.3. The normalized spacial score (nSPS) is 14.9. The van der Waals surface area contributed by atoms with Crippen LogP contribution >= 0.6 is 0 Å². The predicted molar refractivity (Wildman–Crippen MR) is 78.7 cm³/mol. The third-order valence-electron chi connectivity index (χ3n) is 3.47. The van der Waals surface area contributed by atoms with Crippen molar-refractivity contribution in [3.8, 4) is 0 Å². The molecule has 20 heavy (non-hydrogen) atoms. The maximum Gasteiger partial charge on any atom is 0.151 e. The van der Waals surface area contributed by atoms with Crippen molar-refractivity contribution in [2.45, 2.75) is 12.6 Å². The minimum absolute atomic E-state index is 0.577. The van der Waals surface area contributed by atoms with Gasteiger partial charge in [0.05, 0.1) is 24.1 Å². The maximum atomic E-state index is 4.27. The lowest BCUT2D eigenvalue weighted by Crippen LogP contribution is -2.57. The van der Waals surface area contributed by atoms with E-state index in [2.05, 4.69) is 30.7 Å². The highest BCUT2D eigenvalue weighted by molar-refractivity contribution is 5.54. The molecule has 0 spiro atoms. The van der Waals surface area contributed by atoms with Crippen molar-refractivity contribution < 1.29 is 0 Å². The summed E-state index contributed by atoms with van der Waals surface area (Å²) in [7, 11) is 1.99. The van der Waals surface area contributed by atoms with Gasteiger partial charge in [-0.1, -0.05) is 6.07 Å². The van der Waals surface area contributed by atoms with Crippen molar-refractivity contribution >= 4 is 11.5 Å². The molecule has 0 aliphatic carbocycles. The Kier molecular flexibility index (Phi) is 3.73. The Labute approximate surface area is 118 Å². The van der Waals surface area contributed by atoms with Crippen molar-refractivity contribution in [3.05, 3.63) is 42.4 Å². The van der Waals surface area contributed by atoms with Crippen LogP contribution in [0.5, 0.6) is 0 Å². The third kappa shape index (κ3) is 2.85. The van der Waals surface area contributed by atoms with E-state index >= 15 is 0 Å². The van der Waals surface area contributed by atoms with Gasteiger partial charge in [-0.3, -0.25) is 4.98 Å². The molecule has 0 amide bonds. The van der Waals surface area contributed by atoms with Crippen LogP contribution in [0.2, 0.25) is 0 Å². The standard InChI is InChI=1S/C14H18N6/c1-15-12-9-20(10-12)13-6-14(19-18-8-13)17-7-11-4-2-3-5-16-11/h2-6,8,12,15H,7,9-10H2,1H3,(H,17,19). The zero-order valence-electron chi connectivity index (χ0n) is 11.5. The number of nitrogens with one attached hydrogen (secondary N) is 2.